The fourth-order valence-electron chi connectivity index (χ4n) is 8.80. The van der Waals surface area contributed by atoms with Crippen LogP contribution in [0.4, 0.5) is 22.7 Å². The molecule has 32 heteroatoms. The van der Waals surface area contributed by atoms with Gasteiger partial charge in [0.15, 0.2) is 0 Å². The molecule has 576 valence electrons. The van der Waals surface area contributed by atoms with E-state index < -0.39 is 0 Å². The number of likely N-dealkylation sites (N-methyl/N-ethyl adjacent to an activating group) is 4. The number of Topliss-reactive ketones (excluding diaryl/α,β-unsaturated/α-hetero) is 4. The topological polar surface area (TPSA) is 532 Å². The lowest BCUT2D eigenvalue weighted by Gasteiger charge is -2.12. The second kappa shape index (κ2) is 70.4. The minimum Gasteiger partial charge on any atom is -0.352 e. The summed E-state index contributed by atoms with van der Waals surface area (Å²) in [7, 11) is 7.34. The molecule has 4 amide bonds. The number of carbonyl (C=O) groups is 8. The Morgan fingerprint density at radius 3 is 0.587 bits per heavy atom. The van der Waals surface area contributed by atoms with Crippen LogP contribution in [0.25, 0.3) is 41.8 Å². The first-order chi connectivity index (χ1) is 50.1. The number of nitrogens with zero attached hydrogens (tertiary/aromatic N) is 12. The van der Waals surface area contributed by atoms with Gasteiger partial charge in [-0.15, -0.1) is 0 Å². The number of carbonyl (C=O) groups excluding carboxylic acids is 8. The van der Waals surface area contributed by atoms with Crippen LogP contribution in [0, 0.1) is 0 Å². The van der Waals surface area contributed by atoms with E-state index >= 15 is 0 Å². The summed E-state index contributed by atoms with van der Waals surface area (Å²) in [5.74, 6) is 0.702. The number of azide groups is 4. The van der Waals surface area contributed by atoms with Crippen LogP contribution >= 0.6 is 0 Å². The van der Waals surface area contributed by atoms with E-state index in [2.05, 4.69) is 82.6 Å². The minimum absolute atomic E-state index is 0.0431. The summed E-state index contributed by atoms with van der Waals surface area (Å²) >= 11 is 0. The Bertz CT molecular complexity index is 2750. The van der Waals surface area contributed by atoms with Crippen LogP contribution in [0.2, 0.25) is 0 Å². The maximum atomic E-state index is 11.3. The molecule has 0 bridgehead atoms. The molecule has 0 aliphatic rings. The molecule has 4 rings (SSSR count). The number of nitrogens with two attached hydrogens (primary N) is 4. The van der Waals surface area contributed by atoms with Gasteiger partial charge >= 0.3 is 0 Å². The summed E-state index contributed by atoms with van der Waals surface area (Å²) in [6, 6.07) is 25.9. The Hall–Kier alpha value is -9.64. The summed E-state index contributed by atoms with van der Waals surface area (Å²) in [6.45, 7) is 20.3. The SMILES string of the molecule is CCC(=O)[C@H](CCCCN)NC.CCC(=O)[C@H](CCCCN)NC.CCC(=O)[C@H](CCCCN)NC.CCC(=O)[C@H](CCCCN)NC.CCNC(=O)c1ccc(N=[N+]=[N-])cc1.CCNC(=O)c1ccc(N=[N+]=[N-])cc1.CCNC(=O)c1ccc(N=[N+]=[N-])cc1.CCNC(=O)c1ccc(N=[N+]=[N-])cc1. The van der Waals surface area contributed by atoms with Crippen LogP contribution < -0.4 is 65.5 Å². The molecule has 104 heavy (non-hydrogen) atoms. The Morgan fingerprint density at radius 2 is 0.471 bits per heavy atom. The highest BCUT2D eigenvalue weighted by Gasteiger charge is 2.16. The Balaban J connectivity index is -0.000000550. The van der Waals surface area contributed by atoms with Crippen molar-refractivity contribution in [2.75, 3.05) is 80.5 Å². The van der Waals surface area contributed by atoms with Crippen LogP contribution in [0.1, 0.15) is 200 Å². The van der Waals surface area contributed by atoms with Crippen molar-refractivity contribution in [3.8, 4) is 0 Å². The average Bonchev–Trinajstić information content (AvgIpc) is 1.12. The summed E-state index contributed by atoms with van der Waals surface area (Å²) < 4.78 is 0. The van der Waals surface area contributed by atoms with E-state index in [0.29, 0.717) is 120 Å². The highest BCUT2D eigenvalue weighted by Crippen LogP contribution is 2.17. The van der Waals surface area contributed by atoms with Crippen molar-refractivity contribution in [3.63, 3.8) is 0 Å². The second-order valence-electron chi connectivity index (χ2n) is 22.2. The first-order valence-electron chi connectivity index (χ1n) is 35.5. The molecule has 0 saturated heterocycles. The first-order valence-corrected chi connectivity index (χ1v) is 35.5. The van der Waals surface area contributed by atoms with Gasteiger partial charge in [0.25, 0.3) is 23.6 Å². The molecular weight excluding hydrogens is 1330 g/mol. The number of rotatable bonds is 40. The van der Waals surface area contributed by atoms with E-state index in [1.54, 1.807) is 97.1 Å². The van der Waals surface area contributed by atoms with Gasteiger partial charge < -0.3 is 65.5 Å². The second-order valence-corrected chi connectivity index (χ2v) is 22.2. The molecule has 0 heterocycles. The van der Waals surface area contributed by atoms with Crippen LogP contribution in [0.15, 0.2) is 118 Å². The number of hydrogen-bond donors (Lipinski definition) is 12. The molecule has 32 nitrogen and oxygen atoms in total. The van der Waals surface area contributed by atoms with Crippen molar-refractivity contribution in [2.45, 2.75) is 182 Å². The molecule has 0 radical (unpaired) electrons. The van der Waals surface area contributed by atoms with Crippen molar-refractivity contribution >= 4 is 69.5 Å². The number of amides is 4. The normalized spacial score (nSPS) is 10.8. The Kier molecular flexibility index (Phi) is 68.2. The van der Waals surface area contributed by atoms with Crippen molar-refractivity contribution in [1.82, 2.24) is 42.5 Å². The van der Waals surface area contributed by atoms with Gasteiger partial charge in [0.2, 0.25) is 0 Å². The maximum absolute atomic E-state index is 11.3. The van der Waals surface area contributed by atoms with E-state index in [1.165, 1.54) is 0 Å². The van der Waals surface area contributed by atoms with Gasteiger partial charge in [-0.25, -0.2) is 0 Å². The first kappa shape index (κ1) is 101. The summed E-state index contributed by atoms with van der Waals surface area (Å²) in [5.41, 5.74) is 58.3. The van der Waals surface area contributed by atoms with Gasteiger partial charge in [-0.05, 0) is 204 Å². The third-order valence-corrected chi connectivity index (χ3v) is 14.6. The zero-order chi connectivity index (χ0) is 79.1. The van der Waals surface area contributed by atoms with Crippen LogP contribution in [0.5, 0.6) is 0 Å². The van der Waals surface area contributed by atoms with Gasteiger partial charge in [0, 0.05) is 117 Å². The van der Waals surface area contributed by atoms with Gasteiger partial charge in [0.1, 0.15) is 23.1 Å². The molecule has 4 atom stereocenters. The molecule has 0 unspecified atom stereocenters. The lowest BCUT2D eigenvalue weighted by atomic mass is 10.0. The fourth-order valence-corrected chi connectivity index (χ4v) is 8.80. The summed E-state index contributed by atoms with van der Waals surface area (Å²) in [5, 5.41) is 36.4. The van der Waals surface area contributed by atoms with Crippen molar-refractivity contribution in [1.29, 1.82) is 0 Å². The predicted molar refractivity (Wildman–Crippen MR) is 417 cm³/mol. The fraction of sp³-hybridized carbons (Fsp3) is 0.556. The molecule has 0 spiro atoms. The quantitative estimate of drug-likeness (QED) is 0.00852. The van der Waals surface area contributed by atoms with E-state index in [0.717, 1.165) is 103 Å². The smallest absolute Gasteiger partial charge is 0.251 e. The summed E-state index contributed by atoms with van der Waals surface area (Å²) in [6.07, 6.45) is 14.3. The molecule has 16 N–H and O–H groups in total. The number of benzene rings is 4. The van der Waals surface area contributed by atoms with Crippen molar-refractivity contribution in [2.24, 2.45) is 43.4 Å². The number of nitrogens with one attached hydrogen (secondary N) is 8. The third-order valence-electron chi connectivity index (χ3n) is 14.6. The van der Waals surface area contributed by atoms with Crippen LogP contribution in [0.3, 0.4) is 0 Å². The zero-order valence-electron chi connectivity index (χ0n) is 63.5. The Morgan fingerprint density at radius 1 is 0.308 bits per heavy atom. The van der Waals surface area contributed by atoms with Gasteiger partial charge in [-0.3, -0.25) is 38.4 Å². The van der Waals surface area contributed by atoms with E-state index in [1.807, 2.05) is 83.6 Å². The van der Waals surface area contributed by atoms with Crippen molar-refractivity contribution < 1.29 is 38.4 Å². The molecule has 0 aliphatic heterocycles. The molecule has 4 aromatic carbocycles. The van der Waals surface area contributed by atoms with Gasteiger partial charge in [-0.1, -0.05) is 122 Å². The Labute approximate surface area is 615 Å². The monoisotopic (exact) mass is 1450 g/mol. The lowest BCUT2D eigenvalue weighted by Crippen LogP contribution is -2.33. The standard InChI is InChI=1S/4C9H10N4O.4C9H20N2O/c4*1-2-11-9(14)7-3-5-8(6-4-7)12-13-10;4*1-3-9(12)8(11-2)6-4-5-7-10/h4*3-6H,2H2,1H3,(H,11,14);4*8,11H,3-7,10H2,1-2H3/t;;;;4*8-/m....0000/s1. The van der Waals surface area contributed by atoms with E-state index in [9.17, 15) is 38.4 Å². The zero-order valence-corrected chi connectivity index (χ0v) is 63.5. The molecular formula is C72H120N24O8. The highest BCUT2D eigenvalue weighted by molar-refractivity contribution is 5.96. The maximum Gasteiger partial charge on any atom is 0.251 e. The van der Waals surface area contributed by atoms with E-state index in [4.69, 9.17) is 45.1 Å². The van der Waals surface area contributed by atoms with E-state index in [-0.39, 0.29) is 47.8 Å². The molecule has 4 aromatic rings. The van der Waals surface area contributed by atoms with Gasteiger partial charge in [0.05, 0.1) is 24.2 Å². The number of ketones is 4. The molecule has 0 saturated carbocycles. The lowest BCUT2D eigenvalue weighted by molar-refractivity contribution is -0.121. The molecule has 0 aromatic heterocycles. The highest BCUT2D eigenvalue weighted by atomic mass is 16.2. The third kappa shape index (κ3) is 51.5. The van der Waals surface area contributed by atoms with Gasteiger partial charge in [-0.2, -0.15) is 0 Å². The van der Waals surface area contributed by atoms with Crippen LogP contribution in [-0.2, 0) is 19.2 Å². The number of unbranched alkanes of at least 4 members (excludes halogenated alkanes) is 4. The average molecular weight is 1450 g/mol. The summed E-state index contributed by atoms with van der Waals surface area (Å²) in [4.78, 5) is 101. The van der Waals surface area contributed by atoms with Crippen molar-refractivity contribution in [3.05, 3.63) is 161 Å². The largest absolute Gasteiger partial charge is 0.352 e. The molecule has 0 fully saturated rings. The number of hydrogen-bond acceptors (Lipinski definition) is 20. The molecule has 0 aliphatic carbocycles. The predicted octanol–water partition coefficient (Wildman–Crippen LogP) is 12.2. The minimum atomic E-state index is -0.125. The van der Waals surface area contributed by atoms with Crippen LogP contribution in [-0.4, -0.2) is 151 Å².